The molecule has 0 fully saturated rings. The van der Waals surface area contributed by atoms with Gasteiger partial charge in [0.25, 0.3) is 0 Å². The lowest BCUT2D eigenvalue weighted by Crippen LogP contribution is -2.11. The molecule has 0 atom stereocenters. The average molecular weight is 224 g/mol. The Balaban J connectivity index is 0. The van der Waals surface area contributed by atoms with E-state index in [0.29, 0.717) is 0 Å². The molecule has 0 spiro atoms. The SMILES string of the molecule is C=CCNCC=C.O=C(Cl)C(=O)Cl. The van der Waals surface area contributed by atoms with Crippen LogP contribution in [-0.4, -0.2) is 23.6 Å². The number of carbonyl (C=O) groups is 2. The Morgan fingerprint density at radius 1 is 1.08 bits per heavy atom. The van der Waals surface area contributed by atoms with Crippen molar-refractivity contribution in [3.05, 3.63) is 25.3 Å². The molecule has 3 nitrogen and oxygen atoms in total. The van der Waals surface area contributed by atoms with Crippen LogP contribution in [0, 0.1) is 0 Å². The summed E-state index contributed by atoms with van der Waals surface area (Å²) < 4.78 is 0. The molecule has 74 valence electrons. The summed E-state index contributed by atoms with van der Waals surface area (Å²) in [5.41, 5.74) is 0. The standard InChI is InChI=1S/C6H11N.C2Cl2O2/c1-3-5-7-6-4-2;3-1(5)2(4)6/h3-4,7H,1-2,5-6H2;. The number of rotatable bonds is 5. The molecule has 0 aromatic rings. The number of nitrogens with one attached hydrogen (secondary N) is 1. The first-order valence-electron chi connectivity index (χ1n) is 3.38. The molecule has 0 amide bonds. The molecule has 0 aromatic heterocycles. The molecule has 0 aliphatic rings. The summed E-state index contributed by atoms with van der Waals surface area (Å²) in [4.78, 5) is 18.9. The van der Waals surface area contributed by atoms with Crippen LogP contribution in [0.2, 0.25) is 0 Å². The lowest BCUT2D eigenvalue weighted by molar-refractivity contribution is -0.127. The second-order valence-electron chi connectivity index (χ2n) is 1.78. The zero-order valence-electron chi connectivity index (χ0n) is 7.06. The van der Waals surface area contributed by atoms with Crippen LogP contribution in [-0.2, 0) is 9.59 Å². The third kappa shape index (κ3) is 18.4. The van der Waals surface area contributed by atoms with Crippen LogP contribution in [0.1, 0.15) is 0 Å². The van der Waals surface area contributed by atoms with Gasteiger partial charge in [-0.3, -0.25) is 9.59 Å². The van der Waals surface area contributed by atoms with Crippen molar-refractivity contribution in [2.24, 2.45) is 0 Å². The van der Waals surface area contributed by atoms with E-state index in [1.807, 2.05) is 12.2 Å². The zero-order chi connectivity index (χ0) is 10.7. The van der Waals surface area contributed by atoms with Crippen LogP contribution in [0.5, 0.6) is 0 Å². The van der Waals surface area contributed by atoms with Crippen LogP contribution in [0.15, 0.2) is 25.3 Å². The highest BCUT2D eigenvalue weighted by atomic mass is 35.5. The van der Waals surface area contributed by atoms with Crippen molar-refractivity contribution in [3.63, 3.8) is 0 Å². The fourth-order valence-corrected chi connectivity index (χ4v) is 0.287. The van der Waals surface area contributed by atoms with Gasteiger partial charge in [0.1, 0.15) is 0 Å². The smallest absolute Gasteiger partial charge is 0.304 e. The Hall–Kier alpha value is -0.640. The minimum Gasteiger partial charge on any atom is -0.310 e. The second kappa shape index (κ2) is 11.4. The van der Waals surface area contributed by atoms with E-state index in [1.54, 1.807) is 0 Å². The van der Waals surface area contributed by atoms with Gasteiger partial charge < -0.3 is 5.32 Å². The Morgan fingerprint density at radius 2 is 1.38 bits per heavy atom. The average Bonchev–Trinajstić information content (AvgIpc) is 2.06. The normalized spacial score (nSPS) is 7.85. The molecule has 0 aromatic carbocycles. The van der Waals surface area contributed by atoms with Gasteiger partial charge in [-0.25, -0.2) is 0 Å². The van der Waals surface area contributed by atoms with Crippen molar-refractivity contribution in [3.8, 4) is 0 Å². The maximum absolute atomic E-state index is 9.43. The Bertz CT molecular complexity index is 173. The monoisotopic (exact) mass is 223 g/mol. The highest BCUT2D eigenvalue weighted by Crippen LogP contribution is 1.84. The van der Waals surface area contributed by atoms with Crippen LogP contribution >= 0.6 is 23.2 Å². The van der Waals surface area contributed by atoms with Crippen molar-refractivity contribution < 1.29 is 9.59 Å². The van der Waals surface area contributed by atoms with Gasteiger partial charge in [0.05, 0.1) is 0 Å². The molecule has 0 radical (unpaired) electrons. The van der Waals surface area contributed by atoms with Crippen LogP contribution in [0.4, 0.5) is 0 Å². The summed E-state index contributed by atoms with van der Waals surface area (Å²) in [7, 11) is 0. The minimum atomic E-state index is -1.14. The van der Waals surface area contributed by atoms with Crippen molar-refractivity contribution in [1.29, 1.82) is 0 Å². The van der Waals surface area contributed by atoms with Crippen molar-refractivity contribution in [2.45, 2.75) is 0 Å². The summed E-state index contributed by atoms with van der Waals surface area (Å²) in [6.45, 7) is 8.81. The van der Waals surface area contributed by atoms with Crippen LogP contribution in [0.3, 0.4) is 0 Å². The van der Waals surface area contributed by atoms with E-state index in [9.17, 15) is 9.59 Å². The third-order valence-corrected chi connectivity index (χ3v) is 1.17. The first kappa shape index (κ1) is 14.9. The van der Waals surface area contributed by atoms with Crippen molar-refractivity contribution in [2.75, 3.05) is 13.1 Å². The molecular weight excluding hydrogens is 213 g/mol. The van der Waals surface area contributed by atoms with E-state index in [0.717, 1.165) is 13.1 Å². The minimum absolute atomic E-state index is 0.867. The van der Waals surface area contributed by atoms with E-state index < -0.39 is 10.5 Å². The maximum atomic E-state index is 9.43. The van der Waals surface area contributed by atoms with E-state index >= 15 is 0 Å². The zero-order valence-corrected chi connectivity index (χ0v) is 8.57. The molecule has 0 rings (SSSR count). The fraction of sp³-hybridized carbons (Fsp3) is 0.250. The van der Waals surface area contributed by atoms with Crippen LogP contribution in [0.25, 0.3) is 0 Å². The van der Waals surface area contributed by atoms with E-state index in [1.165, 1.54) is 0 Å². The van der Waals surface area contributed by atoms with Crippen molar-refractivity contribution in [1.82, 2.24) is 5.32 Å². The number of hydrogen-bond acceptors (Lipinski definition) is 3. The lowest BCUT2D eigenvalue weighted by Gasteiger charge is -1.90. The van der Waals surface area contributed by atoms with Gasteiger partial charge in [-0.1, -0.05) is 12.2 Å². The Morgan fingerprint density at radius 3 is 1.54 bits per heavy atom. The Labute approximate surface area is 87.4 Å². The van der Waals surface area contributed by atoms with E-state index in [-0.39, 0.29) is 0 Å². The highest BCUT2D eigenvalue weighted by molar-refractivity contribution is 6.97. The second-order valence-corrected chi connectivity index (χ2v) is 2.47. The summed E-state index contributed by atoms with van der Waals surface area (Å²) >= 11 is 8.98. The molecule has 0 unspecified atom stereocenters. The van der Waals surface area contributed by atoms with Gasteiger partial charge in [-0.15, -0.1) is 13.2 Å². The molecule has 0 saturated heterocycles. The fourth-order valence-electron chi connectivity index (χ4n) is 0.287. The summed E-state index contributed by atoms with van der Waals surface area (Å²) in [5, 5.41) is 0.765. The number of halogens is 2. The molecule has 0 aliphatic heterocycles. The molecule has 0 heterocycles. The van der Waals surface area contributed by atoms with Crippen LogP contribution < -0.4 is 5.32 Å². The highest BCUT2D eigenvalue weighted by Gasteiger charge is 2.01. The molecular formula is C8H11Cl2NO2. The largest absolute Gasteiger partial charge is 0.310 e. The summed E-state index contributed by atoms with van der Waals surface area (Å²) in [6.07, 6.45) is 3.65. The van der Waals surface area contributed by atoms with Gasteiger partial charge in [-0.2, -0.15) is 0 Å². The van der Waals surface area contributed by atoms with E-state index in [4.69, 9.17) is 0 Å². The number of carbonyl (C=O) groups excluding carboxylic acids is 2. The quantitative estimate of drug-likeness (QED) is 0.333. The van der Waals surface area contributed by atoms with Gasteiger partial charge in [0.2, 0.25) is 0 Å². The van der Waals surface area contributed by atoms with Gasteiger partial charge >= 0.3 is 10.5 Å². The van der Waals surface area contributed by atoms with E-state index in [2.05, 4.69) is 41.7 Å². The predicted molar refractivity (Wildman–Crippen MR) is 55.0 cm³/mol. The molecule has 5 heteroatoms. The van der Waals surface area contributed by atoms with Gasteiger partial charge in [0, 0.05) is 13.1 Å². The maximum Gasteiger partial charge on any atom is 0.304 e. The summed E-state index contributed by atoms with van der Waals surface area (Å²) in [6, 6.07) is 0. The summed E-state index contributed by atoms with van der Waals surface area (Å²) in [5.74, 6) is 0. The van der Waals surface area contributed by atoms with Crippen molar-refractivity contribution >= 4 is 33.7 Å². The first-order valence-corrected chi connectivity index (χ1v) is 4.13. The molecule has 0 aliphatic carbocycles. The molecule has 0 bridgehead atoms. The Kier molecular flexibility index (Phi) is 13.0. The van der Waals surface area contributed by atoms with Gasteiger partial charge in [0.15, 0.2) is 0 Å². The topological polar surface area (TPSA) is 46.2 Å². The third-order valence-electron chi connectivity index (χ3n) is 0.732. The lowest BCUT2D eigenvalue weighted by atomic mass is 10.5. The predicted octanol–water partition coefficient (Wildman–Crippen LogP) is 1.47. The molecule has 13 heavy (non-hydrogen) atoms. The molecule has 0 saturated carbocycles. The first-order chi connectivity index (χ1) is 6.06. The molecule has 1 N–H and O–H groups in total. The van der Waals surface area contributed by atoms with Gasteiger partial charge in [-0.05, 0) is 23.2 Å². The number of hydrogen-bond donors (Lipinski definition) is 1.